The van der Waals surface area contributed by atoms with Gasteiger partial charge in [-0.1, -0.05) is 6.92 Å². The Hall–Kier alpha value is -1.36. The van der Waals surface area contributed by atoms with Crippen molar-refractivity contribution < 1.29 is 4.79 Å². The van der Waals surface area contributed by atoms with Gasteiger partial charge in [0.25, 0.3) is 0 Å². The zero-order chi connectivity index (χ0) is 10.8. The van der Waals surface area contributed by atoms with Crippen LogP contribution in [-0.2, 0) is 17.8 Å². The molecule has 14 heavy (non-hydrogen) atoms. The van der Waals surface area contributed by atoms with Crippen LogP contribution in [-0.4, -0.2) is 21.2 Å². The highest BCUT2D eigenvalue weighted by atomic mass is 16.1. The first-order valence-corrected chi connectivity index (χ1v) is 4.56. The van der Waals surface area contributed by atoms with E-state index in [0.717, 1.165) is 12.0 Å². The average Bonchev–Trinajstić information content (AvgIpc) is 2.51. The van der Waals surface area contributed by atoms with Crippen LogP contribution in [0, 0.1) is 0 Å². The number of primary amides is 1. The van der Waals surface area contributed by atoms with Crippen LogP contribution >= 0.6 is 0 Å². The molecule has 0 fully saturated rings. The highest BCUT2D eigenvalue weighted by molar-refractivity contribution is 5.83. The minimum absolute atomic E-state index is 0.308. The second-order valence-electron chi connectivity index (χ2n) is 3.68. The van der Waals surface area contributed by atoms with E-state index in [1.807, 2.05) is 13.1 Å². The molecule has 4 N–H and O–H groups in total. The Morgan fingerprint density at radius 3 is 2.79 bits per heavy atom. The number of carbonyl (C=O) groups excluding carboxylic acids is 1. The van der Waals surface area contributed by atoms with Gasteiger partial charge in [0.2, 0.25) is 5.91 Å². The van der Waals surface area contributed by atoms with Crippen molar-refractivity contribution in [3.05, 3.63) is 18.0 Å². The highest BCUT2D eigenvalue weighted by Gasteiger charge is 2.26. The Kier molecular flexibility index (Phi) is 2.90. The normalized spacial score (nSPS) is 15.1. The van der Waals surface area contributed by atoms with Crippen LogP contribution in [0.4, 0.5) is 0 Å². The summed E-state index contributed by atoms with van der Waals surface area (Å²) in [5.41, 5.74) is 10.9. The van der Waals surface area contributed by atoms with Gasteiger partial charge in [-0.25, -0.2) is 0 Å². The van der Waals surface area contributed by atoms with E-state index in [1.54, 1.807) is 17.8 Å². The summed E-state index contributed by atoms with van der Waals surface area (Å²) in [6, 6.07) is 0. The van der Waals surface area contributed by atoms with Crippen LogP contribution in [0.2, 0.25) is 0 Å². The molecule has 0 saturated carbocycles. The van der Waals surface area contributed by atoms with E-state index in [1.165, 1.54) is 0 Å². The number of amides is 1. The second kappa shape index (κ2) is 3.79. The zero-order valence-corrected chi connectivity index (χ0v) is 8.53. The molecule has 1 rings (SSSR count). The first-order valence-electron chi connectivity index (χ1n) is 4.56. The molecular weight excluding hydrogens is 180 g/mol. The molecule has 0 aromatic carbocycles. The van der Waals surface area contributed by atoms with Gasteiger partial charge in [0.05, 0.1) is 12.7 Å². The molecule has 1 aromatic rings. The van der Waals surface area contributed by atoms with Crippen LogP contribution in [0.3, 0.4) is 0 Å². The Balaban J connectivity index is 2.73. The van der Waals surface area contributed by atoms with Crippen molar-refractivity contribution in [2.75, 3.05) is 0 Å². The molecule has 1 unspecified atom stereocenters. The zero-order valence-electron chi connectivity index (χ0n) is 8.53. The summed E-state index contributed by atoms with van der Waals surface area (Å²) < 4.78 is 1.64. The summed E-state index contributed by atoms with van der Waals surface area (Å²) in [4.78, 5) is 11.0. The van der Waals surface area contributed by atoms with Crippen LogP contribution in [0.25, 0.3) is 0 Å². The van der Waals surface area contributed by atoms with Gasteiger partial charge in [0.1, 0.15) is 5.54 Å². The Morgan fingerprint density at radius 2 is 2.36 bits per heavy atom. The van der Waals surface area contributed by atoms with E-state index in [4.69, 9.17) is 11.5 Å². The Morgan fingerprint density at radius 1 is 1.71 bits per heavy atom. The number of hydrogen-bond acceptors (Lipinski definition) is 3. The quantitative estimate of drug-likeness (QED) is 0.690. The SMILES string of the molecule is CCc1cnn(CC(C)(N)C(N)=O)c1. The minimum Gasteiger partial charge on any atom is -0.368 e. The van der Waals surface area contributed by atoms with Crippen LogP contribution in [0.5, 0.6) is 0 Å². The van der Waals surface area contributed by atoms with Gasteiger partial charge < -0.3 is 11.5 Å². The molecule has 0 spiro atoms. The minimum atomic E-state index is -1.04. The maximum Gasteiger partial charge on any atom is 0.239 e. The molecule has 0 aliphatic carbocycles. The summed E-state index contributed by atoms with van der Waals surface area (Å²) >= 11 is 0. The average molecular weight is 196 g/mol. The van der Waals surface area contributed by atoms with Crippen molar-refractivity contribution >= 4 is 5.91 Å². The van der Waals surface area contributed by atoms with E-state index in [9.17, 15) is 4.79 Å². The third-order valence-electron chi connectivity index (χ3n) is 2.15. The Bertz CT molecular complexity index is 329. The monoisotopic (exact) mass is 196 g/mol. The van der Waals surface area contributed by atoms with Crippen molar-refractivity contribution in [1.29, 1.82) is 0 Å². The fourth-order valence-electron chi connectivity index (χ4n) is 1.09. The number of hydrogen-bond donors (Lipinski definition) is 2. The van der Waals surface area contributed by atoms with Crippen LogP contribution in [0.15, 0.2) is 12.4 Å². The van der Waals surface area contributed by atoms with Crippen molar-refractivity contribution in [2.45, 2.75) is 32.4 Å². The van der Waals surface area contributed by atoms with E-state index >= 15 is 0 Å². The van der Waals surface area contributed by atoms with Crippen molar-refractivity contribution in [2.24, 2.45) is 11.5 Å². The number of rotatable bonds is 4. The molecule has 1 aromatic heterocycles. The molecule has 0 radical (unpaired) electrons. The lowest BCUT2D eigenvalue weighted by molar-refractivity contribution is -0.123. The molecule has 78 valence electrons. The predicted molar refractivity (Wildman–Crippen MR) is 53.4 cm³/mol. The van der Waals surface area contributed by atoms with Gasteiger partial charge in [0, 0.05) is 6.20 Å². The van der Waals surface area contributed by atoms with Gasteiger partial charge in [0.15, 0.2) is 0 Å². The molecule has 1 amide bonds. The molecule has 0 saturated heterocycles. The molecule has 1 heterocycles. The lowest BCUT2D eigenvalue weighted by Gasteiger charge is -2.19. The van der Waals surface area contributed by atoms with E-state index in [-0.39, 0.29) is 0 Å². The third-order valence-corrected chi connectivity index (χ3v) is 2.15. The summed E-state index contributed by atoms with van der Waals surface area (Å²) in [5.74, 6) is -0.522. The number of carbonyl (C=O) groups is 1. The number of nitrogens with two attached hydrogens (primary N) is 2. The summed E-state index contributed by atoms with van der Waals surface area (Å²) in [6.07, 6.45) is 4.54. The largest absolute Gasteiger partial charge is 0.368 e. The third kappa shape index (κ3) is 2.32. The van der Waals surface area contributed by atoms with Crippen molar-refractivity contribution in [3.8, 4) is 0 Å². The fourth-order valence-corrected chi connectivity index (χ4v) is 1.09. The molecule has 5 heteroatoms. The lowest BCUT2D eigenvalue weighted by Crippen LogP contribution is -2.52. The maximum atomic E-state index is 11.0. The first kappa shape index (κ1) is 10.7. The standard InChI is InChI=1S/C9H16N4O/c1-3-7-4-12-13(5-7)6-9(2,11)8(10)14/h4-5H,3,6,11H2,1-2H3,(H2,10,14). The van der Waals surface area contributed by atoms with Crippen LogP contribution in [0.1, 0.15) is 19.4 Å². The number of aryl methyl sites for hydroxylation is 1. The van der Waals surface area contributed by atoms with Gasteiger partial charge in [-0.05, 0) is 18.9 Å². The molecule has 5 nitrogen and oxygen atoms in total. The molecule has 0 aliphatic rings. The van der Waals surface area contributed by atoms with E-state index in [0.29, 0.717) is 6.54 Å². The van der Waals surface area contributed by atoms with Gasteiger partial charge in [-0.15, -0.1) is 0 Å². The molecular formula is C9H16N4O. The molecule has 0 bridgehead atoms. The smallest absolute Gasteiger partial charge is 0.239 e. The van der Waals surface area contributed by atoms with Gasteiger partial charge >= 0.3 is 0 Å². The highest BCUT2D eigenvalue weighted by Crippen LogP contribution is 2.04. The van der Waals surface area contributed by atoms with Gasteiger partial charge in [-0.2, -0.15) is 5.10 Å². The predicted octanol–water partition coefficient (Wildman–Crippen LogP) is -0.352. The first-order chi connectivity index (χ1) is 6.45. The fraction of sp³-hybridized carbons (Fsp3) is 0.556. The number of nitrogens with zero attached hydrogens (tertiary/aromatic N) is 2. The summed E-state index contributed by atoms with van der Waals surface area (Å²) in [7, 11) is 0. The lowest BCUT2D eigenvalue weighted by atomic mass is 10.0. The van der Waals surface area contributed by atoms with Crippen molar-refractivity contribution in [3.63, 3.8) is 0 Å². The summed E-state index contributed by atoms with van der Waals surface area (Å²) in [6.45, 7) is 3.95. The molecule has 0 aliphatic heterocycles. The van der Waals surface area contributed by atoms with Crippen molar-refractivity contribution in [1.82, 2.24) is 9.78 Å². The summed E-state index contributed by atoms with van der Waals surface area (Å²) in [5, 5.41) is 4.08. The van der Waals surface area contributed by atoms with E-state index in [2.05, 4.69) is 5.10 Å². The maximum absolute atomic E-state index is 11.0. The van der Waals surface area contributed by atoms with Gasteiger partial charge in [-0.3, -0.25) is 9.48 Å². The Labute approximate surface area is 83.1 Å². The second-order valence-corrected chi connectivity index (χ2v) is 3.68. The van der Waals surface area contributed by atoms with Crippen LogP contribution < -0.4 is 11.5 Å². The topological polar surface area (TPSA) is 86.9 Å². The molecule has 1 atom stereocenters. The number of aromatic nitrogens is 2. The van der Waals surface area contributed by atoms with E-state index < -0.39 is 11.4 Å².